The molecule has 0 aliphatic carbocycles. The Morgan fingerprint density at radius 2 is 2.00 bits per heavy atom. The molecule has 0 saturated carbocycles. The maximum Gasteiger partial charge on any atom is 0.0752 e. The van der Waals surface area contributed by atoms with Gasteiger partial charge in [0, 0.05) is 22.7 Å². The summed E-state index contributed by atoms with van der Waals surface area (Å²) in [5.74, 6) is 0. The van der Waals surface area contributed by atoms with Gasteiger partial charge in [-0.2, -0.15) is 0 Å². The molecule has 2 heteroatoms. The van der Waals surface area contributed by atoms with Crippen LogP contribution in [0.1, 0.15) is 23.7 Å². The summed E-state index contributed by atoms with van der Waals surface area (Å²) in [6, 6.07) is 6.35. The number of rotatable bonds is 1. The lowest BCUT2D eigenvalue weighted by atomic mass is 10.1. The zero-order valence-electron chi connectivity index (χ0n) is 10.5. The van der Waals surface area contributed by atoms with Crippen LogP contribution in [0.15, 0.2) is 24.4 Å². The van der Waals surface area contributed by atoms with E-state index in [4.69, 9.17) is 0 Å². The summed E-state index contributed by atoms with van der Waals surface area (Å²) >= 11 is 0. The summed E-state index contributed by atoms with van der Waals surface area (Å²) in [6.07, 6.45) is 3.03. The molecule has 0 radical (unpaired) electrons. The number of para-hydroxylation sites is 1. The second-order valence-corrected chi connectivity index (χ2v) is 4.60. The molecule has 0 amide bonds. The third kappa shape index (κ3) is 1.37. The molecule has 3 rings (SSSR count). The normalized spacial score (nSPS) is 11.5. The quantitative estimate of drug-likeness (QED) is 0.667. The third-order valence-corrected chi connectivity index (χ3v) is 3.59. The van der Waals surface area contributed by atoms with Crippen molar-refractivity contribution in [3.63, 3.8) is 0 Å². The molecule has 17 heavy (non-hydrogen) atoms. The van der Waals surface area contributed by atoms with Crippen LogP contribution in [0, 0.1) is 13.8 Å². The van der Waals surface area contributed by atoms with Gasteiger partial charge in [0.05, 0.1) is 11.0 Å². The van der Waals surface area contributed by atoms with E-state index in [0.29, 0.717) is 0 Å². The lowest BCUT2D eigenvalue weighted by Gasteiger charge is -2.02. The number of benzene rings is 1. The van der Waals surface area contributed by atoms with Crippen LogP contribution in [0.3, 0.4) is 0 Å². The number of hydrogen-bond donors (Lipinski definition) is 1. The fourth-order valence-corrected chi connectivity index (χ4v) is 2.55. The predicted molar refractivity (Wildman–Crippen MR) is 72.5 cm³/mol. The molecule has 86 valence electrons. The van der Waals surface area contributed by atoms with Crippen molar-refractivity contribution in [1.29, 1.82) is 0 Å². The number of pyridine rings is 1. The van der Waals surface area contributed by atoms with Crippen LogP contribution >= 0.6 is 0 Å². The topological polar surface area (TPSA) is 28.7 Å². The van der Waals surface area contributed by atoms with Crippen molar-refractivity contribution in [2.24, 2.45) is 0 Å². The van der Waals surface area contributed by atoms with Gasteiger partial charge in [0.2, 0.25) is 0 Å². The van der Waals surface area contributed by atoms with Crippen molar-refractivity contribution in [2.75, 3.05) is 0 Å². The highest BCUT2D eigenvalue weighted by molar-refractivity contribution is 6.05. The van der Waals surface area contributed by atoms with Crippen LogP contribution < -0.4 is 0 Å². The van der Waals surface area contributed by atoms with Crippen LogP contribution in [0.25, 0.3) is 21.8 Å². The third-order valence-electron chi connectivity index (χ3n) is 3.59. The number of aryl methyl sites for hydroxylation is 3. The first-order valence-corrected chi connectivity index (χ1v) is 6.08. The van der Waals surface area contributed by atoms with E-state index >= 15 is 0 Å². The molecular weight excluding hydrogens is 208 g/mol. The molecule has 0 atom stereocenters. The molecule has 2 nitrogen and oxygen atoms in total. The van der Waals surface area contributed by atoms with Gasteiger partial charge in [0.15, 0.2) is 0 Å². The average molecular weight is 224 g/mol. The lowest BCUT2D eigenvalue weighted by Crippen LogP contribution is -1.84. The van der Waals surface area contributed by atoms with Crippen molar-refractivity contribution in [2.45, 2.75) is 27.2 Å². The second-order valence-electron chi connectivity index (χ2n) is 4.60. The maximum atomic E-state index is 4.60. The van der Waals surface area contributed by atoms with E-state index in [1.165, 1.54) is 33.1 Å². The Morgan fingerprint density at radius 1 is 1.18 bits per heavy atom. The van der Waals surface area contributed by atoms with Crippen molar-refractivity contribution in [3.05, 3.63) is 41.2 Å². The van der Waals surface area contributed by atoms with Gasteiger partial charge in [0.25, 0.3) is 0 Å². The molecule has 0 bridgehead atoms. The minimum Gasteiger partial charge on any atom is -0.358 e. The van der Waals surface area contributed by atoms with Gasteiger partial charge in [-0.25, -0.2) is 0 Å². The molecule has 0 unspecified atom stereocenters. The van der Waals surface area contributed by atoms with Crippen LogP contribution in [0.2, 0.25) is 0 Å². The Kier molecular flexibility index (Phi) is 2.18. The van der Waals surface area contributed by atoms with Crippen molar-refractivity contribution < 1.29 is 0 Å². The molecule has 2 heterocycles. The average Bonchev–Trinajstić information content (AvgIpc) is 2.67. The maximum absolute atomic E-state index is 4.60. The molecule has 3 aromatic rings. The Balaban J connectivity index is 2.52. The molecule has 2 aromatic heterocycles. The Hall–Kier alpha value is -1.83. The van der Waals surface area contributed by atoms with Gasteiger partial charge in [-0.1, -0.05) is 25.1 Å². The lowest BCUT2D eigenvalue weighted by molar-refractivity contribution is 1.05. The fourth-order valence-electron chi connectivity index (χ4n) is 2.55. The van der Waals surface area contributed by atoms with Gasteiger partial charge in [-0.15, -0.1) is 0 Å². The number of nitrogens with zero attached hydrogens (tertiary/aromatic N) is 1. The number of aromatic nitrogens is 2. The minimum atomic E-state index is 1.04. The van der Waals surface area contributed by atoms with Crippen molar-refractivity contribution in [1.82, 2.24) is 9.97 Å². The largest absolute Gasteiger partial charge is 0.358 e. The Morgan fingerprint density at radius 3 is 2.76 bits per heavy atom. The van der Waals surface area contributed by atoms with E-state index in [0.717, 1.165) is 11.9 Å². The highest BCUT2D eigenvalue weighted by atomic mass is 14.8. The smallest absolute Gasteiger partial charge is 0.0752 e. The summed E-state index contributed by atoms with van der Waals surface area (Å²) in [5.41, 5.74) is 6.21. The highest BCUT2D eigenvalue weighted by Crippen LogP contribution is 2.28. The number of aromatic amines is 1. The highest BCUT2D eigenvalue weighted by Gasteiger charge is 2.10. The molecule has 1 N–H and O–H groups in total. The predicted octanol–water partition coefficient (Wildman–Crippen LogP) is 3.90. The Labute approximate surface area is 101 Å². The zero-order valence-corrected chi connectivity index (χ0v) is 10.5. The van der Waals surface area contributed by atoms with Gasteiger partial charge in [-0.05, 0) is 31.4 Å². The first kappa shape index (κ1) is 10.3. The molecule has 0 aliphatic heterocycles. The standard InChI is InChI=1S/C15H16N2/c1-4-13-10(3)12-8-16-14-9(2)6-5-7-11(14)15(12)17-13/h5-8,17H,4H2,1-3H3. The molecule has 0 aliphatic rings. The second kappa shape index (κ2) is 3.59. The van der Waals surface area contributed by atoms with Gasteiger partial charge < -0.3 is 4.98 Å². The SMILES string of the molecule is CCc1[nH]c2c(cnc3c(C)cccc32)c1C. The van der Waals surface area contributed by atoms with Crippen molar-refractivity contribution in [3.8, 4) is 0 Å². The van der Waals surface area contributed by atoms with E-state index in [2.05, 4.69) is 48.9 Å². The molecular formula is C15H16N2. The van der Waals surface area contributed by atoms with E-state index in [-0.39, 0.29) is 0 Å². The fraction of sp³-hybridized carbons (Fsp3) is 0.267. The summed E-state index contributed by atoms with van der Waals surface area (Å²) < 4.78 is 0. The van der Waals surface area contributed by atoms with Gasteiger partial charge >= 0.3 is 0 Å². The summed E-state index contributed by atoms with van der Waals surface area (Å²) in [6.45, 7) is 6.46. The molecule has 1 aromatic carbocycles. The molecule has 0 spiro atoms. The van der Waals surface area contributed by atoms with E-state index in [9.17, 15) is 0 Å². The van der Waals surface area contributed by atoms with E-state index in [1.807, 2.05) is 6.20 Å². The van der Waals surface area contributed by atoms with Crippen molar-refractivity contribution >= 4 is 21.8 Å². The number of hydrogen-bond acceptors (Lipinski definition) is 1. The van der Waals surface area contributed by atoms with Gasteiger partial charge in [0.1, 0.15) is 0 Å². The van der Waals surface area contributed by atoms with Crippen LogP contribution in [-0.4, -0.2) is 9.97 Å². The first-order chi connectivity index (χ1) is 8.22. The summed E-state index contributed by atoms with van der Waals surface area (Å²) in [4.78, 5) is 8.14. The Bertz CT molecular complexity index is 708. The number of fused-ring (bicyclic) bond motifs is 3. The van der Waals surface area contributed by atoms with Crippen LogP contribution in [0.5, 0.6) is 0 Å². The zero-order chi connectivity index (χ0) is 12.0. The van der Waals surface area contributed by atoms with Gasteiger partial charge in [-0.3, -0.25) is 4.98 Å². The summed E-state index contributed by atoms with van der Waals surface area (Å²) in [7, 11) is 0. The monoisotopic (exact) mass is 224 g/mol. The van der Waals surface area contributed by atoms with Crippen LogP contribution in [-0.2, 0) is 6.42 Å². The molecule has 0 fully saturated rings. The van der Waals surface area contributed by atoms with E-state index in [1.54, 1.807) is 0 Å². The molecule has 0 saturated heterocycles. The minimum absolute atomic E-state index is 1.04. The number of nitrogens with one attached hydrogen (secondary N) is 1. The number of H-pyrrole nitrogens is 1. The first-order valence-electron chi connectivity index (χ1n) is 6.08. The van der Waals surface area contributed by atoms with E-state index < -0.39 is 0 Å². The van der Waals surface area contributed by atoms with Crippen LogP contribution in [0.4, 0.5) is 0 Å². The summed E-state index contributed by atoms with van der Waals surface area (Å²) in [5, 5.41) is 2.48.